The topological polar surface area (TPSA) is 27.1 Å². The second kappa shape index (κ2) is 4.94. The molecule has 0 N–H and O–H groups in total. The summed E-state index contributed by atoms with van der Waals surface area (Å²) < 4.78 is 8.62. The van der Waals surface area contributed by atoms with Crippen LogP contribution in [-0.2, 0) is 17.9 Å². The van der Waals surface area contributed by atoms with Gasteiger partial charge in [0.1, 0.15) is 0 Å². The fourth-order valence-electron chi connectivity index (χ4n) is 1.25. The molecule has 0 amide bonds. The molecule has 0 atom stereocenters. The lowest BCUT2D eigenvalue weighted by Crippen LogP contribution is -2.08. The number of nitrogens with zero attached hydrogens (tertiary/aromatic N) is 2. The number of ether oxygens (including phenoxy) is 1. The smallest absolute Gasteiger partial charge is 0.0899 e. The fraction of sp³-hybridized carbons (Fsp3) is 0.700. The number of halogens is 1. The zero-order chi connectivity index (χ0) is 10.7. The standard InChI is InChI=1S/C10H17BrN2O/c1-5-13-9(6-14-7(2)3)10(11)8(4)12-13/h7H,5-6H2,1-4H3. The van der Waals surface area contributed by atoms with Crippen molar-refractivity contribution in [1.29, 1.82) is 0 Å². The van der Waals surface area contributed by atoms with Crippen LogP contribution in [0.15, 0.2) is 4.47 Å². The quantitative estimate of drug-likeness (QED) is 0.833. The van der Waals surface area contributed by atoms with Gasteiger partial charge in [0.15, 0.2) is 0 Å². The summed E-state index contributed by atoms with van der Waals surface area (Å²) in [5.41, 5.74) is 2.15. The third kappa shape index (κ3) is 2.58. The molecule has 0 unspecified atom stereocenters. The summed E-state index contributed by atoms with van der Waals surface area (Å²) in [5, 5.41) is 4.40. The van der Waals surface area contributed by atoms with Crippen LogP contribution in [0.3, 0.4) is 0 Å². The van der Waals surface area contributed by atoms with E-state index in [0.29, 0.717) is 6.61 Å². The molecule has 0 saturated heterocycles. The normalized spacial score (nSPS) is 11.3. The molecule has 14 heavy (non-hydrogen) atoms. The lowest BCUT2D eigenvalue weighted by atomic mass is 10.4. The molecule has 4 heteroatoms. The van der Waals surface area contributed by atoms with Crippen molar-refractivity contribution in [1.82, 2.24) is 9.78 Å². The minimum Gasteiger partial charge on any atom is -0.372 e. The molecule has 1 rings (SSSR count). The molecule has 0 fully saturated rings. The minimum absolute atomic E-state index is 0.252. The van der Waals surface area contributed by atoms with E-state index >= 15 is 0 Å². The molecule has 0 aromatic carbocycles. The minimum atomic E-state index is 0.252. The molecule has 0 aliphatic rings. The van der Waals surface area contributed by atoms with Gasteiger partial charge in [0.05, 0.1) is 28.6 Å². The van der Waals surface area contributed by atoms with Crippen LogP contribution in [0.2, 0.25) is 0 Å². The third-order valence-corrected chi connectivity index (χ3v) is 3.04. The number of aromatic nitrogens is 2. The summed E-state index contributed by atoms with van der Waals surface area (Å²) in [6, 6.07) is 0. The van der Waals surface area contributed by atoms with Crippen LogP contribution in [0.25, 0.3) is 0 Å². The summed E-state index contributed by atoms with van der Waals surface area (Å²) in [5.74, 6) is 0. The summed E-state index contributed by atoms with van der Waals surface area (Å²) in [4.78, 5) is 0. The first-order valence-corrected chi connectivity index (χ1v) is 5.69. The zero-order valence-electron chi connectivity index (χ0n) is 9.17. The molecule has 0 bridgehead atoms. The Morgan fingerprint density at radius 3 is 2.64 bits per heavy atom. The summed E-state index contributed by atoms with van der Waals surface area (Å²) in [6.45, 7) is 9.64. The molecule has 0 aliphatic carbocycles. The van der Waals surface area contributed by atoms with Gasteiger partial charge in [0.2, 0.25) is 0 Å². The van der Waals surface area contributed by atoms with Gasteiger partial charge in [-0.25, -0.2) is 0 Å². The molecule has 1 aromatic rings. The van der Waals surface area contributed by atoms with Crippen molar-refractivity contribution in [2.45, 2.75) is 47.0 Å². The van der Waals surface area contributed by atoms with E-state index in [9.17, 15) is 0 Å². The van der Waals surface area contributed by atoms with E-state index in [4.69, 9.17) is 4.74 Å². The van der Waals surface area contributed by atoms with Crippen molar-refractivity contribution >= 4 is 15.9 Å². The summed E-state index contributed by atoms with van der Waals surface area (Å²) >= 11 is 3.53. The predicted molar refractivity (Wildman–Crippen MR) is 60.3 cm³/mol. The number of aryl methyl sites for hydroxylation is 2. The second-order valence-electron chi connectivity index (χ2n) is 3.52. The average molecular weight is 261 g/mol. The summed E-state index contributed by atoms with van der Waals surface area (Å²) in [7, 11) is 0. The molecule has 0 radical (unpaired) electrons. The van der Waals surface area contributed by atoms with Gasteiger partial charge in [-0.15, -0.1) is 0 Å². The van der Waals surface area contributed by atoms with E-state index in [-0.39, 0.29) is 6.10 Å². The Balaban J connectivity index is 2.82. The maximum Gasteiger partial charge on any atom is 0.0899 e. The molecular weight excluding hydrogens is 244 g/mol. The maximum absolute atomic E-state index is 5.57. The van der Waals surface area contributed by atoms with Crippen LogP contribution < -0.4 is 0 Å². The van der Waals surface area contributed by atoms with Crippen molar-refractivity contribution < 1.29 is 4.74 Å². The van der Waals surface area contributed by atoms with E-state index < -0.39 is 0 Å². The molecule has 1 aromatic heterocycles. The second-order valence-corrected chi connectivity index (χ2v) is 4.31. The van der Waals surface area contributed by atoms with E-state index in [2.05, 4.69) is 28.0 Å². The molecule has 3 nitrogen and oxygen atoms in total. The number of hydrogen-bond acceptors (Lipinski definition) is 2. The van der Waals surface area contributed by atoms with Crippen molar-refractivity contribution in [2.75, 3.05) is 0 Å². The lowest BCUT2D eigenvalue weighted by Gasteiger charge is -2.09. The molecule has 0 spiro atoms. The van der Waals surface area contributed by atoms with Crippen LogP contribution in [0.4, 0.5) is 0 Å². The Morgan fingerprint density at radius 2 is 2.14 bits per heavy atom. The van der Waals surface area contributed by atoms with E-state index in [1.54, 1.807) is 0 Å². The highest BCUT2D eigenvalue weighted by molar-refractivity contribution is 9.10. The molecular formula is C10H17BrN2O. The SMILES string of the molecule is CCn1nc(C)c(Br)c1COC(C)C. The van der Waals surface area contributed by atoms with Crippen LogP contribution in [-0.4, -0.2) is 15.9 Å². The van der Waals surface area contributed by atoms with Gasteiger partial charge in [0.25, 0.3) is 0 Å². The van der Waals surface area contributed by atoms with Gasteiger partial charge in [0, 0.05) is 6.54 Å². The van der Waals surface area contributed by atoms with Crippen LogP contribution in [0, 0.1) is 6.92 Å². The highest BCUT2D eigenvalue weighted by atomic mass is 79.9. The Morgan fingerprint density at radius 1 is 1.50 bits per heavy atom. The van der Waals surface area contributed by atoms with Gasteiger partial charge >= 0.3 is 0 Å². The van der Waals surface area contributed by atoms with Crippen LogP contribution in [0.5, 0.6) is 0 Å². The Hall–Kier alpha value is -0.350. The highest BCUT2D eigenvalue weighted by Crippen LogP contribution is 2.21. The van der Waals surface area contributed by atoms with Gasteiger partial charge in [-0.2, -0.15) is 5.10 Å². The Labute approximate surface area is 93.6 Å². The predicted octanol–water partition coefficient (Wildman–Crippen LogP) is 2.90. The van der Waals surface area contributed by atoms with E-state index in [1.165, 1.54) is 0 Å². The van der Waals surface area contributed by atoms with Gasteiger partial charge in [-0.1, -0.05) is 0 Å². The molecule has 80 valence electrons. The number of rotatable bonds is 4. The Kier molecular flexibility index (Phi) is 4.13. The number of hydrogen-bond donors (Lipinski definition) is 0. The molecule has 0 saturated carbocycles. The lowest BCUT2D eigenvalue weighted by molar-refractivity contribution is 0.0608. The summed E-state index contributed by atoms with van der Waals surface area (Å²) in [6.07, 6.45) is 0.252. The average Bonchev–Trinajstić information content (AvgIpc) is 2.40. The largest absolute Gasteiger partial charge is 0.372 e. The first-order valence-electron chi connectivity index (χ1n) is 4.89. The van der Waals surface area contributed by atoms with E-state index in [1.807, 2.05) is 25.5 Å². The van der Waals surface area contributed by atoms with Crippen LogP contribution >= 0.6 is 15.9 Å². The highest BCUT2D eigenvalue weighted by Gasteiger charge is 2.12. The maximum atomic E-state index is 5.57. The van der Waals surface area contributed by atoms with Gasteiger partial charge in [-0.3, -0.25) is 4.68 Å². The molecule has 0 aliphatic heterocycles. The zero-order valence-corrected chi connectivity index (χ0v) is 10.8. The van der Waals surface area contributed by atoms with Gasteiger partial charge < -0.3 is 4.74 Å². The third-order valence-electron chi connectivity index (χ3n) is 2.01. The fourth-order valence-corrected chi connectivity index (χ4v) is 1.65. The van der Waals surface area contributed by atoms with Crippen LogP contribution in [0.1, 0.15) is 32.2 Å². The van der Waals surface area contributed by atoms with Gasteiger partial charge in [-0.05, 0) is 43.6 Å². The van der Waals surface area contributed by atoms with E-state index in [0.717, 1.165) is 22.4 Å². The molecule has 1 heterocycles. The van der Waals surface area contributed by atoms with Crippen molar-refractivity contribution in [3.63, 3.8) is 0 Å². The first kappa shape index (κ1) is 11.7. The first-order chi connectivity index (χ1) is 6.56. The van der Waals surface area contributed by atoms with Crippen molar-refractivity contribution in [3.05, 3.63) is 15.9 Å². The Bertz CT molecular complexity index is 307. The van der Waals surface area contributed by atoms with Crippen molar-refractivity contribution in [3.8, 4) is 0 Å². The van der Waals surface area contributed by atoms with Crippen molar-refractivity contribution in [2.24, 2.45) is 0 Å². The monoisotopic (exact) mass is 260 g/mol.